The van der Waals surface area contributed by atoms with E-state index in [1.54, 1.807) is 6.20 Å². The van der Waals surface area contributed by atoms with E-state index in [1.165, 1.54) is 0 Å². The highest BCUT2D eigenvalue weighted by Gasteiger charge is 2.14. The number of hydrogen-bond donors (Lipinski definition) is 2. The molecule has 4 rings (SSSR count). The first-order valence-electron chi connectivity index (χ1n) is 11.3. The smallest absolute Gasteiger partial charge is 0.226 e. The Morgan fingerprint density at radius 2 is 2.00 bits per heavy atom. The van der Waals surface area contributed by atoms with Gasteiger partial charge in [-0.2, -0.15) is 0 Å². The lowest BCUT2D eigenvalue weighted by atomic mass is 10.1. The summed E-state index contributed by atoms with van der Waals surface area (Å²) >= 11 is 0. The molecule has 0 spiro atoms. The van der Waals surface area contributed by atoms with Crippen LogP contribution in [0.25, 0.3) is 10.8 Å². The monoisotopic (exact) mass is 433 g/mol. The molecule has 7 nitrogen and oxygen atoms in total. The number of carbonyl (C=O) groups excluding carboxylic acids is 1. The number of nitrogens with one attached hydrogen (secondary N) is 2. The molecule has 0 bridgehead atoms. The van der Waals surface area contributed by atoms with E-state index in [9.17, 15) is 4.79 Å². The van der Waals surface area contributed by atoms with Crippen LogP contribution in [0.2, 0.25) is 0 Å². The fourth-order valence-electron chi connectivity index (χ4n) is 3.83. The van der Waals surface area contributed by atoms with Gasteiger partial charge in [-0.05, 0) is 74.8 Å². The number of likely N-dealkylation sites (N-methyl/N-ethyl adjacent to an activating group) is 1. The summed E-state index contributed by atoms with van der Waals surface area (Å²) in [6, 6.07) is 13.9. The molecule has 0 atom stereocenters. The number of anilines is 1. The summed E-state index contributed by atoms with van der Waals surface area (Å²) < 4.78 is 6.15. The van der Waals surface area contributed by atoms with Crippen molar-refractivity contribution in [1.29, 1.82) is 0 Å². The van der Waals surface area contributed by atoms with Crippen LogP contribution in [0.3, 0.4) is 0 Å². The lowest BCUT2D eigenvalue weighted by molar-refractivity contribution is -0.116. The average molecular weight is 434 g/mol. The third-order valence-electron chi connectivity index (χ3n) is 5.75. The minimum absolute atomic E-state index is 0.0383. The van der Waals surface area contributed by atoms with Crippen LogP contribution in [-0.4, -0.2) is 60.1 Å². The molecule has 0 unspecified atom stereocenters. The minimum Gasteiger partial charge on any atom is -0.490 e. The van der Waals surface area contributed by atoms with Gasteiger partial charge in [0.25, 0.3) is 0 Å². The number of piperidine rings is 1. The number of rotatable bonds is 9. The zero-order valence-corrected chi connectivity index (χ0v) is 18.6. The molecule has 1 amide bonds. The summed E-state index contributed by atoms with van der Waals surface area (Å²) in [4.78, 5) is 23.3. The summed E-state index contributed by atoms with van der Waals surface area (Å²) in [5.74, 6) is 1.39. The normalized spacial score (nSPS) is 14.6. The van der Waals surface area contributed by atoms with Crippen LogP contribution < -0.4 is 15.4 Å². The van der Waals surface area contributed by atoms with Crippen LogP contribution >= 0.6 is 0 Å². The van der Waals surface area contributed by atoms with E-state index in [4.69, 9.17) is 4.74 Å². The second-order valence-corrected chi connectivity index (χ2v) is 8.32. The van der Waals surface area contributed by atoms with Gasteiger partial charge in [-0.3, -0.25) is 9.78 Å². The Labute approximate surface area is 189 Å². The van der Waals surface area contributed by atoms with Crippen molar-refractivity contribution in [2.24, 2.45) is 0 Å². The first kappa shape index (κ1) is 22.2. The maximum absolute atomic E-state index is 12.4. The van der Waals surface area contributed by atoms with Crippen LogP contribution in [0.5, 0.6) is 5.75 Å². The number of pyridine rings is 2. The molecule has 0 radical (unpaired) electrons. The molecule has 0 saturated carbocycles. The number of hydrogen-bond acceptors (Lipinski definition) is 6. The van der Waals surface area contributed by atoms with Crippen molar-refractivity contribution in [2.75, 3.05) is 38.5 Å². The minimum atomic E-state index is -0.0383. The third kappa shape index (κ3) is 6.48. The fraction of sp³-hybridized carbons (Fsp3) is 0.400. The van der Waals surface area contributed by atoms with Crippen LogP contribution in [0.1, 0.15) is 25.0 Å². The Morgan fingerprint density at radius 3 is 2.81 bits per heavy atom. The largest absolute Gasteiger partial charge is 0.490 e. The van der Waals surface area contributed by atoms with Crippen molar-refractivity contribution in [1.82, 2.24) is 20.2 Å². The van der Waals surface area contributed by atoms with E-state index >= 15 is 0 Å². The highest BCUT2D eigenvalue weighted by atomic mass is 16.5. The SMILES string of the molecule is CN(CCC(=O)Nc1cc2cc(OC3CCNCC3)ccc2cn1)CCc1ccccn1. The summed E-state index contributed by atoms with van der Waals surface area (Å²) in [6.07, 6.45) is 7.17. The second kappa shape index (κ2) is 11.0. The average Bonchev–Trinajstić information content (AvgIpc) is 2.82. The van der Waals surface area contributed by atoms with E-state index in [0.717, 1.165) is 61.1 Å². The molecule has 1 aromatic carbocycles. The van der Waals surface area contributed by atoms with Gasteiger partial charge in [-0.15, -0.1) is 0 Å². The lowest BCUT2D eigenvalue weighted by Gasteiger charge is -2.24. The van der Waals surface area contributed by atoms with Gasteiger partial charge in [-0.1, -0.05) is 6.07 Å². The van der Waals surface area contributed by atoms with Crippen LogP contribution in [0.4, 0.5) is 5.82 Å². The van der Waals surface area contributed by atoms with Gasteiger partial charge >= 0.3 is 0 Å². The number of fused-ring (bicyclic) bond motifs is 1. The Balaban J connectivity index is 1.28. The molecule has 1 aliphatic rings. The van der Waals surface area contributed by atoms with Crippen LogP contribution in [-0.2, 0) is 11.2 Å². The Hall–Kier alpha value is -3.03. The van der Waals surface area contributed by atoms with Crippen LogP contribution in [0, 0.1) is 0 Å². The molecule has 0 aliphatic carbocycles. The first-order chi connectivity index (χ1) is 15.7. The Bertz CT molecular complexity index is 1020. The maximum atomic E-state index is 12.4. The predicted octanol–water partition coefficient (Wildman–Crippen LogP) is 3.26. The van der Waals surface area contributed by atoms with E-state index in [1.807, 2.05) is 55.7 Å². The zero-order valence-electron chi connectivity index (χ0n) is 18.6. The molecule has 168 valence electrons. The molecular formula is C25H31N5O2. The number of amides is 1. The molecule has 1 saturated heterocycles. The summed E-state index contributed by atoms with van der Waals surface area (Å²) in [7, 11) is 2.02. The van der Waals surface area contributed by atoms with Crippen molar-refractivity contribution in [2.45, 2.75) is 31.8 Å². The van der Waals surface area contributed by atoms with Gasteiger partial charge in [0.2, 0.25) is 5.91 Å². The number of nitrogens with zero attached hydrogens (tertiary/aromatic N) is 3. The van der Waals surface area contributed by atoms with Crippen molar-refractivity contribution >= 4 is 22.5 Å². The number of carbonyl (C=O) groups is 1. The molecule has 1 fully saturated rings. The maximum Gasteiger partial charge on any atom is 0.226 e. The molecule has 3 aromatic rings. The molecule has 32 heavy (non-hydrogen) atoms. The van der Waals surface area contributed by atoms with Gasteiger partial charge in [-0.25, -0.2) is 4.98 Å². The highest BCUT2D eigenvalue weighted by molar-refractivity contribution is 5.93. The van der Waals surface area contributed by atoms with Gasteiger partial charge in [0.1, 0.15) is 17.7 Å². The molecule has 7 heteroatoms. The first-order valence-corrected chi connectivity index (χ1v) is 11.3. The van der Waals surface area contributed by atoms with E-state index < -0.39 is 0 Å². The molecular weight excluding hydrogens is 402 g/mol. The topological polar surface area (TPSA) is 79.4 Å². The van der Waals surface area contributed by atoms with Crippen LogP contribution in [0.15, 0.2) is 54.9 Å². The Kier molecular flexibility index (Phi) is 7.64. The van der Waals surface area contributed by atoms with Gasteiger partial charge < -0.3 is 20.3 Å². The second-order valence-electron chi connectivity index (χ2n) is 8.32. The van der Waals surface area contributed by atoms with E-state index in [0.29, 0.717) is 18.8 Å². The number of ether oxygens (including phenoxy) is 1. The molecule has 1 aliphatic heterocycles. The quantitative estimate of drug-likeness (QED) is 0.539. The van der Waals surface area contributed by atoms with Gasteiger partial charge in [0.15, 0.2) is 0 Å². The lowest BCUT2D eigenvalue weighted by Crippen LogP contribution is -2.34. The van der Waals surface area contributed by atoms with E-state index in [-0.39, 0.29) is 12.0 Å². The third-order valence-corrected chi connectivity index (χ3v) is 5.75. The highest BCUT2D eigenvalue weighted by Crippen LogP contribution is 2.24. The van der Waals surface area contributed by atoms with Crippen molar-refractivity contribution < 1.29 is 9.53 Å². The summed E-state index contributed by atoms with van der Waals surface area (Å²) in [5, 5.41) is 8.31. The standard InChI is InChI=1S/C25H31N5O2/c1-30(14-9-21-4-2-3-11-27-21)15-10-25(31)29-24-17-20-16-23(6-5-19(20)18-28-24)32-22-7-12-26-13-8-22/h2-6,11,16-18,22,26H,7-10,12-15H2,1H3,(H,28,29,31). The van der Waals surface area contributed by atoms with E-state index in [2.05, 4.69) is 25.5 Å². The van der Waals surface area contributed by atoms with Crippen molar-refractivity contribution in [3.8, 4) is 5.75 Å². The summed E-state index contributed by atoms with van der Waals surface area (Å²) in [5.41, 5.74) is 1.06. The zero-order chi connectivity index (χ0) is 22.2. The number of benzene rings is 1. The Morgan fingerprint density at radius 1 is 1.12 bits per heavy atom. The summed E-state index contributed by atoms with van der Waals surface area (Å²) in [6.45, 7) is 3.53. The number of aromatic nitrogens is 2. The van der Waals surface area contributed by atoms with Crippen molar-refractivity contribution in [3.63, 3.8) is 0 Å². The predicted molar refractivity (Wildman–Crippen MR) is 127 cm³/mol. The molecule has 2 N–H and O–H groups in total. The molecule has 3 heterocycles. The fourth-order valence-corrected chi connectivity index (χ4v) is 3.83. The van der Waals surface area contributed by atoms with Gasteiger partial charge in [0.05, 0.1) is 0 Å². The van der Waals surface area contributed by atoms with Crippen molar-refractivity contribution in [3.05, 3.63) is 60.6 Å². The van der Waals surface area contributed by atoms with Gasteiger partial charge in [0, 0.05) is 49.4 Å². The molecule has 2 aromatic heterocycles.